The second-order valence-corrected chi connectivity index (χ2v) is 4.39. The Morgan fingerprint density at radius 2 is 2.35 bits per heavy atom. The molecule has 0 fully saturated rings. The predicted molar refractivity (Wildman–Crippen MR) is 65.1 cm³/mol. The number of ether oxygens (including phenoxy) is 1. The van der Waals surface area contributed by atoms with E-state index in [4.69, 9.17) is 4.74 Å². The fourth-order valence-corrected chi connectivity index (χ4v) is 2.33. The zero-order valence-electron chi connectivity index (χ0n) is 10.1. The van der Waals surface area contributed by atoms with E-state index in [9.17, 15) is 9.90 Å². The van der Waals surface area contributed by atoms with Crippen LogP contribution in [0.5, 0.6) is 5.75 Å². The summed E-state index contributed by atoms with van der Waals surface area (Å²) >= 11 is 0. The molecule has 92 valence electrons. The Hall–Kier alpha value is -1.71. The number of methoxy groups -OCH3 is 1. The van der Waals surface area contributed by atoms with Gasteiger partial charge in [-0.25, -0.2) is 4.79 Å². The molecule has 0 radical (unpaired) electrons. The number of benzene rings is 1. The molecule has 0 amide bonds. The van der Waals surface area contributed by atoms with Crippen LogP contribution in [0.25, 0.3) is 0 Å². The highest BCUT2D eigenvalue weighted by Crippen LogP contribution is 2.35. The lowest BCUT2D eigenvalue weighted by Gasteiger charge is -2.36. The fourth-order valence-electron chi connectivity index (χ4n) is 2.33. The number of carbonyl (C=O) groups is 1. The van der Waals surface area contributed by atoms with Gasteiger partial charge in [-0.3, -0.25) is 0 Å². The van der Waals surface area contributed by atoms with Gasteiger partial charge in [-0.1, -0.05) is 13.0 Å². The van der Waals surface area contributed by atoms with Gasteiger partial charge in [0.15, 0.2) is 0 Å². The summed E-state index contributed by atoms with van der Waals surface area (Å²) in [6.45, 7) is 1.96. The van der Waals surface area contributed by atoms with Crippen molar-refractivity contribution in [2.24, 2.45) is 0 Å². The molecule has 1 aliphatic heterocycles. The number of rotatable bonds is 2. The molecule has 1 aliphatic rings. The quantitative estimate of drug-likeness (QED) is 0.770. The smallest absolute Gasteiger partial charge is 0.331 e. The highest BCUT2D eigenvalue weighted by Gasteiger charge is 2.40. The van der Waals surface area contributed by atoms with Crippen molar-refractivity contribution in [2.45, 2.75) is 31.7 Å². The van der Waals surface area contributed by atoms with Crippen LogP contribution in [0.1, 0.15) is 25.3 Å². The number of hydrogen-bond acceptors (Lipinski definition) is 4. The van der Waals surface area contributed by atoms with E-state index in [1.54, 1.807) is 12.1 Å². The van der Waals surface area contributed by atoms with Crippen molar-refractivity contribution >= 4 is 11.7 Å². The van der Waals surface area contributed by atoms with Crippen molar-refractivity contribution in [3.05, 3.63) is 23.8 Å². The van der Waals surface area contributed by atoms with Crippen LogP contribution in [0.2, 0.25) is 0 Å². The standard InChI is InChI=1S/C13H17NO3/c1-3-13(12(16)17-2)7-6-9-4-5-10(15)8-11(9)14-13/h4-5,8,14-15H,3,6-7H2,1-2H3. The molecule has 2 N–H and O–H groups in total. The molecule has 1 aromatic carbocycles. The summed E-state index contributed by atoms with van der Waals surface area (Å²) in [5, 5.41) is 12.7. The Kier molecular flexibility index (Phi) is 2.96. The molecule has 0 aromatic heterocycles. The van der Waals surface area contributed by atoms with Crippen LogP contribution in [-0.2, 0) is 16.0 Å². The van der Waals surface area contributed by atoms with Gasteiger partial charge >= 0.3 is 5.97 Å². The third kappa shape index (κ3) is 1.95. The fraction of sp³-hybridized carbons (Fsp3) is 0.462. The van der Waals surface area contributed by atoms with Crippen molar-refractivity contribution < 1.29 is 14.6 Å². The number of aryl methyl sites for hydroxylation is 1. The molecule has 0 bridgehead atoms. The van der Waals surface area contributed by atoms with Gasteiger partial charge < -0.3 is 15.2 Å². The number of aromatic hydroxyl groups is 1. The number of fused-ring (bicyclic) bond motifs is 1. The monoisotopic (exact) mass is 235 g/mol. The Bertz CT molecular complexity index is 444. The first-order valence-corrected chi connectivity index (χ1v) is 5.80. The lowest BCUT2D eigenvalue weighted by molar-refractivity contribution is -0.146. The number of phenols is 1. The van der Waals surface area contributed by atoms with Crippen LogP contribution >= 0.6 is 0 Å². The van der Waals surface area contributed by atoms with Gasteiger partial charge in [-0.05, 0) is 30.9 Å². The molecule has 1 atom stereocenters. The molecular weight excluding hydrogens is 218 g/mol. The molecule has 4 nitrogen and oxygen atoms in total. The molecule has 4 heteroatoms. The molecule has 1 aromatic rings. The number of carbonyl (C=O) groups excluding carboxylic acids is 1. The molecule has 17 heavy (non-hydrogen) atoms. The van der Waals surface area contributed by atoms with Gasteiger partial charge in [0.2, 0.25) is 0 Å². The van der Waals surface area contributed by atoms with Crippen LogP contribution in [0.3, 0.4) is 0 Å². The summed E-state index contributed by atoms with van der Waals surface area (Å²) in [6, 6.07) is 5.20. The Balaban J connectivity index is 2.35. The zero-order valence-corrected chi connectivity index (χ0v) is 10.1. The summed E-state index contributed by atoms with van der Waals surface area (Å²) in [5.41, 5.74) is 1.29. The van der Waals surface area contributed by atoms with E-state index < -0.39 is 5.54 Å². The van der Waals surface area contributed by atoms with Crippen LogP contribution in [0.4, 0.5) is 5.69 Å². The molecule has 1 unspecified atom stereocenters. The molecular formula is C13H17NO3. The van der Waals surface area contributed by atoms with Crippen molar-refractivity contribution in [1.82, 2.24) is 0 Å². The lowest BCUT2D eigenvalue weighted by Crippen LogP contribution is -2.49. The van der Waals surface area contributed by atoms with E-state index in [1.807, 2.05) is 13.0 Å². The predicted octanol–water partition coefficient (Wildman–Crippen LogP) is 2.07. The van der Waals surface area contributed by atoms with Crippen molar-refractivity contribution in [1.29, 1.82) is 0 Å². The van der Waals surface area contributed by atoms with E-state index >= 15 is 0 Å². The normalized spacial score (nSPS) is 22.5. The second-order valence-electron chi connectivity index (χ2n) is 4.39. The third-order valence-electron chi connectivity index (χ3n) is 3.47. The van der Waals surface area contributed by atoms with Crippen LogP contribution < -0.4 is 5.32 Å². The third-order valence-corrected chi connectivity index (χ3v) is 3.47. The van der Waals surface area contributed by atoms with E-state index in [0.29, 0.717) is 12.8 Å². The molecule has 1 heterocycles. The average Bonchev–Trinajstić information content (AvgIpc) is 2.36. The molecule has 0 saturated heterocycles. The van der Waals surface area contributed by atoms with Crippen molar-refractivity contribution in [3.8, 4) is 5.75 Å². The topological polar surface area (TPSA) is 58.6 Å². The maximum absolute atomic E-state index is 11.9. The zero-order chi connectivity index (χ0) is 12.5. The van der Waals surface area contributed by atoms with Crippen LogP contribution in [-0.4, -0.2) is 23.7 Å². The minimum Gasteiger partial charge on any atom is -0.508 e. The van der Waals surface area contributed by atoms with E-state index in [0.717, 1.165) is 17.7 Å². The molecule has 2 rings (SSSR count). The van der Waals surface area contributed by atoms with E-state index in [-0.39, 0.29) is 11.7 Å². The van der Waals surface area contributed by atoms with Gasteiger partial charge in [0, 0.05) is 11.8 Å². The van der Waals surface area contributed by atoms with Crippen LogP contribution in [0.15, 0.2) is 18.2 Å². The van der Waals surface area contributed by atoms with Gasteiger partial charge in [-0.2, -0.15) is 0 Å². The van der Waals surface area contributed by atoms with E-state index in [2.05, 4.69) is 5.32 Å². The highest BCUT2D eigenvalue weighted by atomic mass is 16.5. The van der Waals surface area contributed by atoms with Crippen molar-refractivity contribution in [2.75, 3.05) is 12.4 Å². The molecule has 0 saturated carbocycles. The summed E-state index contributed by atoms with van der Waals surface area (Å²) in [5.74, 6) is -0.0398. The number of anilines is 1. The number of phenolic OH excluding ortho intramolecular Hbond substituents is 1. The Morgan fingerprint density at radius 3 is 3.00 bits per heavy atom. The maximum Gasteiger partial charge on any atom is 0.331 e. The summed E-state index contributed by atoms with van der Waals surface area (Å²) in [7, 11) is 1.40. The molecule has 0 aliphatic carbocycles. The van der Waals surface area contributed by atoms with Gasteiger partial charge in [0.05, 0.1) is 7.11 Å². The summed E-state index contributed by atoms with van der Waals surface area (Å²) in [6.07, 6.45) is 2.19. The first-order valence-electron chi connectivity index (χ1n) is 5.80. The number of nitrogens with one attached hydrogen (secondary N) is 1. The molecule has 0 spiro atoms. The maximum atomic E-state index is 11.9. The SMILES string of the molecule is CCC1(C(=O)OC)CCc2ccc(O)cc2N1. The Labute approximate surface area is 101 Å². The van der Waals surface area contributed by atoms with Gasteiger partial charge in [0.1, 0.15) is 11.3 Å². The minimum atomic E-state index is -0.657. The summed E-state index contributed by atoms with van der Waals surface area (Å²) < 4.78 is 4.87. The highest BCUT2D eigenvalue weighted by molar-refractivity contribution is 5.85. The summed E-state index contributed by atoms with van der Waals surface area (Å²) in [4.78, 5) is 11.9. The van der Waals surface area contributed by atoms with Gasteiger partial charge in [-0.15, -0.1) is 0 Å². The average molecular weight is 235 g/mol. The largest absolute Gasteiger partial charge is 0.508 e. The first-order chi connectivity index (χ1) is 8.11. The first kappa shape index (κ1) is 11.8. The van der Waals surface area contributed by atoms with Crippen molar-refractivity contribution in [3.63, 3.8) is 0 Å². The number of hydrogen-bond donors (Lipinski definition) is 2. The van der Waals surface area contributed by atoms with Crippen LogP contribution in [0, 0.1) is 0 Å². The lowest BCUT2D eigenvalue weighted by atomic mass is 9.84. The second kappa shape index (κ2) is 4.28. The van der Waals surface area contributed by atoms with E-state index in [1.165, 1.54) is 7.11 Å². The van der Waals surface area contributed by atoms with Gasteiger partial charge in [0.25, 0.3) is 0 Å². The minimum absolute atomic E-state index is 0.202. The number of esters is 1. The Morgan fingerprint density at radius 1 is 1.59 bits per heavy atom.